The second-order valence-electron chi connectivity index (χ2n) is 8.77. The van der Waals surface area contributed by atoms with Crippen LogP contribution in [-0.4, -0.2) is 16.1 Å². The van der Waals surface area contributed by atoms with Crippen LogP contribution in [-0.2, 0) is 18.0 Å². The van der Waals surface area contributed by atoms with Crippen LogP contribution in [0.4, 0.5) is 10.5 Å². The highest BCUT2D eigenvalue weighted by Crippen LogP contribution is 2.34. The lowest BCUT2D eigenvalue weighted by atomic mass is 10.1. The molecule has 5 rings (SSSR count). The first-order chi connectivity index (χ1) is 20.1. The lowest BCUT2D eigenvalue weighted by Gasteiger charge is -2.13. The minimum absolute atomic E-state index is 0.0209. The van der Waals surface area contributed by atoms with Crippen molar-refractivity contribution in [1.82, 2.24) is 9.97 Å². The van der Waals surface area contributed by atoms with Gasteiger partial charge in [-0.2, -0.15) is 10.2 Å². The smallest absolute Gasteiger partial charge is 0.411 e. The van der Waals surface area contributed by atoms with Gasteiger partial charge in [0.1, 0.15) is 13.2 Å². The predicted molar refractivity (Wildman–Crippen MR) is 155 cm³/mol. The van der Waals surface area contributed by atoms with Crippen LogP contribution in [0.25, 0.3) is 11.3 Å². The second kappa shape index (κ2) is 13.1. The third-order valence-corrected chi connectivity index (χ3v) is 6.01. The van der Waals surface area contributed by atoms with Crippen LogP contribution >= 0.6 is 11.6 Å². The topological polar surface area (TPSA) is 106 Å². The molecule has 0 spiro atoms. The average Bonchev–Trinajstić information content (AvgIpc) is 3.00. The first kappa shape index (κ1) is 27.2. The molecule has 8 nitrogen and oxygen atoms in total. The van der Waals surface area contributed by atoms with Gasteiger partial charge in [-0.15, -0.1) is 0 Å². The Kier molecular flexibility index (Phi) is 8.69. The van der Waals surface area contributed by atoms with Crippen molar-refractivity contribution in [3.05, 3.63) is 131 Å². The largest absolute Gasteiger partial charge is 0.485 e. The molecule has 1 amide bonds. The van der Waals surface area contributed by atoms with Gasteiger partial charge in [-0.3, -0.25) is 5.32 Å². The van der Waals surface area contributed by atoms with E-state index in [2.05, 4.69) is 21.4 Å². The number of rotatable bonds is 9. The van der Waals surface area contributed by atoms with Gasteiger partial charge in [-0.05, 0) is 47.0 Å². The molecule has 0 saturated heterocycles. The van der Waals surface area contributed by atoms with Gasteiger partial charge < -0.3 is 14.2 Å². The Morgan fingerprint density at radius 2 is 1.49 bits per heavy atom. The molecule has 0 bridgehead atoms. The van der Waals surface area contributed by atoms with E-state index in [4.69, 9.17) is 25.8 Å². The molecule has 0 aliphatic heterocycles. The quantitative estimate of drug-likeness (QED) is 0.183. The molecule has 0 radical (unpaired) electrons. The first-order valence-corrected chi connectivity index (χ1v) is 12.9. The van der Waals surface area contributed by atoms with Crippen molar-refractivity contribution in [2.24, 2.45) is 0 Å². The van der Waals surface area contributed by atoms with E-state index in [1.165, 1.54) is 0 Å². The molecule has 0 aliphatic rings. The molecule has 4 aromatic carbocycles. The summed E-state index contributed by atoms with van der Waals surface area (Å²) >= 11 is 6.23. The SMILES string of the molecule is N#Cc1ccc(OCc2ccccc2)c(Oc2cc(-c3ccc(NC(=O)OCc4ccccc4)cc3)nc(Cl)n2)c1. The van der Waals surface area contributed by atoms with Crippen LogP contribution in [0.15, 0.2) is 109 Å². The highest BCUT2D eigenvalue weighted by molar-refractivity contribution is 6.28. The fourth-order valence-electron chi connectivity index (χ4n) is 3.82. The van der Waals surface area contributed by atoms with E-state index in [0.29, 0.717) is 40.6 Å². The van der Waals surface area contributed by atoms with E-state index in [1.54, 1.807) is 48.5 Å². The summed E-state index contributed by atoms with van der Waals surface area (Å²) < 4.78 is 17.3. The zero-order valence-corrected chi connectivity index (χ0v) is 22.4. The van der Waals surface area contributed by atoms with Crippen molar-refractivity contribution >= 4 is 23.4 Å². The molecule has 41 heavy (non-hydrogen) atoms. The first-order valence-electron chi connectivity index (χ1n) is 12.6. The number of benzene rings is 4. The summed E-state index contributed by atoms with van der Waals surface area (Å²) in [5, 5.41) is 12.1. The molecule has 1 heterocycles. The molecule has 0 unspecified atom stereocenters. The standard InChI is InChI=1S/C32H23ClN4O4/c33-31-36-27(25-12-14-26(15-13-25)35-32(38)40-21-23-9-5-2-6-10-23)18-30(37-31)41-29-17-24(19-34)11-16-28(29)39-20-22-7-3-1-4-8-22/h1-18H,20-21H2,(H,35,38). The van der Waals surface area contributed by atoms with Crippen molar-refractivity contribution in [2.45, 2.75) is 13.2 Å². The Morgan fingerprint density at radius 3 is 2.17 bits per heavy atom. The number of halogens is 1. The van der Waals surface area contributed by atoms with Gasteiger partial charge in [0.2, 0.25) is 11.2 Å². The van der Waals surface area contributed by atoms with Gasteiger partial charge in [-0.1, -0.05) is 72.8 Å². The van der Waals surface area contributed by atoms with Crippen molar-refractivity contribution in [1.29, 1.82) is 5.26 Å². The number of nitriles is 1. The Balaban J connectivity index is 1.28. The van der Waals surface area contributed by atoms with Crippen molar-refractivity contribution in [2.75, 3.05) is 5.32 Å². The van der Waals surface area contributed by atoms with Crippen LogP contribution in [0, 0.1) is 11.3 Å². The molecule has 202 valence electrons. The summed E-state index contributed by atoms with van der Waals surface area (Å²) in [7, 11) is 0. The molecule has 0 atom stereocenters. The zero-order valence-electron chi connectivity index (χ0n) is 21.7. The minimum atomic E-state index is -0.563. The molecular formula is C32H23ClN4O4. The number of aromatic nitrogens is 2. The van der Waals surface area contributed by atoms with E-state index < -0.39 is 6.09 Å². The zero-order chi connectivity index (χ0) is 28.4. The number of anilines is 1. The van der Waals surface area contributed by atoms with E-state index in [-0.39, 0.29) is 17.8 Å². The lowest BCUT2D eigenvalue weighted by molar-refractivity contribution is 0.155. The van der Waals surface area contributed by atoms with E-state index >= 15 is 0 Å². The maximum Gasteiger partial charge on any atom is 0.411 e. The summed E-state index contributed by atoms with van der Waals surface area (Å²) in [6.45, 7) is 0.488. The Hall–Kier alpha value is -5.39. The Labute approximate surface area is 241 Å². The number of hydrogen-bond acceptors (Lipinski definition) is 7. The van der Waals surface area contributed by atoms with Crippen molar-refractivity contribution < 1.29 is 19.0 Å². The van der Waals surface area contributed by atoms with Gasteiger partial charge >= 0.3 is 6.09 Å². The van der Waals surface area contributed by atoms with Crippen molar-refractivity contribution in [3.8, 4) is 34.7 Å². The minimum Gasteiger partial charge on any atom is -0.485 e. The van der Waals surface area contributed by atoms with Gasteiger partial charge in [0.15, 0.2) is 11.5 Å². The normalized spacial score (nSPS) is 10.3. The van der Waals surface area contributed by atoms with Gasteiger partial charge in [-0.25, -0.2) is 9.78 Å². The van der Waals surface area contributed by atoms with Crippen LogP contribution in [0.2, 0.25) is 5.28 Å². The summed E-state index contributed by atoms with van der Waals surface area (Å²) in [4.78, 5) is 20.7. The van der Waals surface area contributed by atoms with E-state index in [1.807, 2.05) is 60.7 Å². The molecule has 5 aromatic rings. The summed E-state index contributed by atoms with van der Waals surface area (Å²) in [6, 6.07) is 34.8. The monoisotopic (exact) mass is 562 g/mol. The Morgan fingerprint density at radius 1 is 0.805 bits per heavy atom. The second-order valence-corrected chi connectivity index (χ2v) is 9.11. The number of hydrogen-bond donors (Lipinski definition) is 1. The Bertz CT molecular complexity index is 1670. The van der Waals surface area contributed by atoms with Crippen LogP contribution in [0.3, 0.4) is 0 Å². The molecule has 9 heteroatoms. The predicted octanol–water partition coefficient (Wildman–Crippen LogP) is 7.79. The number of carbonyl (C=O) groups is 1. The molecule has 0 aliphatic carbocycles. The highest BCUT2D eigenvalue weighted by atomic mass is 35.5. The number of nitrogens with zero attached hydrogens (tertiary/aromatic N) is 3. The number of carbonyl (C=O) groups excluding carboxylic acids is 1. The highest BCUT2D eigenvalue weighted by Gasteiger charge is 2.13. The molecule has 1 aromatic heterocycles. The number of ether oxygens (including phenoxy) is 3. The average molecular weight is 563 g/mol. The molecule has 0 saturated carbocycles. The number of amides is 1. The fraction of sp³-hybridized carbons (Fsp3) is 0.0625. The van der Waals surface area contributed by atoms with Crippen LogP contribution < -0.4 is 14.8 Å². The third-order valence-electron chi connectivity index (χ3n) is 5.84. The van der Waals surface area contributed by atoms with Gasteiger partial charge in [0.05, 0.1) is 17.3 Å². The molecule has 0 fully saturated rings. The fourth-order valence-corrected chi connectivity index (χ4v) is 4.00. The van der Waals surface area contributed by atoms with Crippen molar-refractivity contribution in [3.63, 3.8) is 0 Å². The maximum absolute atomic E-state index is 12.2. The third kappa shape index (κ3) is 7.60. The molecule has 1 N–H and O–H groups in total. The molecular weight excluding hydrogens is 540 g/mol. The number of nitrogens with one attached hydrogen (secondary N) is 1. The van der Waals surface area contributed by atoms with Crippen LogP contribution in [0.1, 0.15) is 16.7 Å². The van der Waals surface area contributed by atoms with E-state index in [0.717, 1.165) is 11.1 Å². The summed E-state index contributed by atoms with van der Waals surface area (Å²) in [6.07, 6.45) is -0.563. The van der Waals surface area contributed by atoms with Gasteiger partial charge in [0.25, 0.3) is 0 Å². The van der Waals surface area contributed by atoms with Crippen LogP contribution in [0.5, 0.6) is 17.4 Å². The maximum atomic E-state index is 12.2. The van der Waals surface area contributed by atoms with E-state index in [9.17, 15) is 10.1 Å². The lowest BCUT2D eigenvalue weighted by Crippen LogP contribution is -2.13. The van der Waals surface area contributed by atoms with Gasteiger partial charge in [0, 0.05) is 23.4 Å². The summed E-state index contributed by atoms with van der Waals surface area (Å²) in [5.41, 5.74) is 4.05. The summed E-state index contributed by atoms with van der Waals surface area (Å²) in [5.74, 6) is 0.930.